The second-order valence-corrected chi connectivity index (χ2v) is 3.39. The number of carbonyl (C=O) groups excluding carboxylic acids is 2. The first-order valence-electron chi connectivity index (χ1n) is 5.03. The van der Waals surface area contributed by atoms with Crippen LogP contribution < -0.4 is 16.8 Å². The van der Waals surface area contributed by atoms with Crippen LogP contribution in [0.3, 0.4) is 0 Å². The van der Waals surface area contributed by atoms with Crippen molar-refractivity contribution in [1.82, 2.24) is 0 Å². The van der Waals surface area contributed by atoms with Gasteiger partial charge in [-0.1, -0.05) is 6.07 Å². The summed E-state index contributed by atoms with van der Waals surface area (Å²) in [6.07, 6.45) is 1.01. The Bertz CT molecular complexity index is 396. The van der Waals surface area contributed by atoms with E-state index < -0.39 is 5.91 Å². The molecule has 2 amide bonds. The minimum absolute atomic E-state index is 0. The van der Waals surface area contributed by atoms with Crippen molar-refractivity contribution in [3.8, 4) is 0 Å². The number of hydrogen-bond acceptors (Lipinski definition) is 3. The molecule has 0 saturated carbocycles. The zero-order valence-corrected chi connectivity index (χ0v) is 10.1. The smallest absolute Gasteiger partial charge is 0.248 e. The van der Waals surface area contributed by atoms with Gasteiger partial charge in [0.25, 0.3) is 0 Å². The molecule has 6 heteroatoms. The standard InChI is InChI=1S/C11H15N3O2.ClH/c12-6-2-5-10(15)14-9-4-1-3-8(7-9)11(13)16;/h1,3-4,7H,2,5-6,12H2,(H2,13,16)(H,14,15);1H. The fourth-order valence-electron chi connectivity index (χ4n) is 1.24. The minimum Gasteiger partial charge on any atom is -0.366 e. The highest BCUT2D eigenvalue weighted by Crippen LogP contribution is 2.10. The second-order valence-electron chi connectivity index (χ2n) is 3.39. The molecular weight excluding hydrogens is 242 g/mol. The van der Waals surface area contributed by atoms with Gasteiger partial charge in [0.05, 0.1) is 0 Å². The average molecular weight is 258 g/mol. The maximum absolute atomic E-state index is 11.4. The molecular formula is C11H16ClN3O2. The zero-order valence-electron chi connectivity index (χ0n) is 9.31. The normalized spacial score (nSPS) is 9.24. The summed E-state index contributed by atoms with van der Waals surface area (Å²) >= 11 is 0. The third-order valence-corrected chi connectivity index (χ3v) is 2.04. The van der Waals surface area contributed by atoms with Crippen LogP contribution in [-0.2, 0) is 4.79 Å². The number of amides is 2. The summed E-state index contributed by atoms with van der Waals surface area (Å²) in [6, 6.07) is 6.51. The molecule has 0 heterocycles. The lowest BCUT2D eigenvalue weighted by molar-refractivity contribution is -0.116. The molecule has 0 aliphatic rings. The maximum atomic E-state index is 11.4. The summed E-state index contributed by atoms with van der Waals surface area (Å²) in [6.45, 7) is 0.481. The fourth-order valence-corrected chi connectivity index (χ4v) is 1.24. The molecule has 0 aromatic heterocycles. The van der Waals surface area contributed by atoms with Gasteiger partial charge in [0, 0.05) is 17.7 Å². The van der Waals surface area contributed by atoms with E-state index in [1.165, 1.54) is 0 Å². The Hall–Kier alpha value is -1.59. The van der Waals surface area contributed by atoms with E-state index in [0.717, 1.165) is 0 Å². The predicted octanol–water partition coefficient (Wildman–Crippen LogP) is 0.885. The van der Waals surface area contributed by atoms with Crippen molar-refractivity contribution in [3.63, 3.8) is 0 Å². The van der Waals surface area contributed by atoms with Gasteiger partial charge in [-0.05, 0) is 31.2 Å². The minimum atomic E-state index is -0.516. The van der Waals surface area contributed by atoms with Gasteiger partial charge in [-0.3, -0.25) is 9.59 Å². The number of halogens is 1. The molecule has 1 aromatic carbocycles. The molecule has 0 saturated heterocycles. The van der Waals surface area contributed by atoms with Crippen LogP contribution in [0.4, 0.5) is 5.69 Å². The lowest BCUT2D eigenvalue weighted by Gasteiger charge is -2.05. The zero-order chi connectivity index (χ0) is 12.0. The van der Waals surface area contributed by atoms with Gasteiger partial charge in [-0.2, -0.15) is 0 Å². The van der Waals surface area contributed by atoms with Crippen LogP contribution in [0.2, 0.25) is 0 Å². The van der Waals surface area contributed by atoms with E-state index >= 15 is 0 Å². The molecule has 0 atom stereocenters. The highest BCUT2D eigenvalue weighted by Gasteiger charge is 2.04. The van der Waals surface area contributed by atoms with Crippen molar-refractivity contribution in [2.45, 2.75) is 12.8 Å². The van der Waals surface area contributed by atoms with Gasteiger partial charge in [0.15, 0.2) is 0 Å². The van der Waals surface area contributed by atoms with Gasteiger partial charge >= 0.3 is 0 Å². The van der Waals surface area contributed by atoms with Crippen LogP contribution in [0.15, 0.2) is 24.3 Å². The van der Waals surface area contributed by atoms with Gasteiger partial charge < -0.3 is 16.8 Å². The van der Waals surface area contributed by atoms with Crippen LogP contribution in [0, 0.1) is 0 Å². The largest absolute Gasteiger partial charge is 0.366 e. The fraction of sp³-hybridized carbons (Fsp3) is 0.273. The topological polar surface area (TPSA) is 98.2 Å². The Labute approximate surface area is 106 Å². The molecule has 5 N–H and O–H groups in total. The third-order valence-electron chi connectivity index (χ3n) is 2.04. The molecule has 94 valence electrons. The Balaban J connectivity index is 0.00000256. The van der Waals surface area contributed by atoms with Crippen LogP contribution in [0.25, 0.3) is 0 Å². The highest BCUT2D eigenvalue weighted by atomic mass is 35.5. The number of benzene rings is 1. The van der Waals surface area contributed by atoms with Crippen molar-refractivity contribution in [3.05, 3.63) is 29.8 Å². The molecule has 17 heavy (non-hydrogen) atoms. The van der Waals surface area contributed by atoms with E-state index in [-0.39, 0.29) is 18.3 Å². The maximum Gasteiger partial charge on any atom is 0.248 e. The van der Waals surface area contributed by atoms with Gasteiger partial charge in [-0.25, -0.2) is 0 Å². The van der Waals surface area contributed by atoms with E-state index in [1.54, 1.807) is 24.3 Å². The molecule has 5 nitrogen and oxygen atoms in total. The molecule has 0 bridgehead atoms. The van der Waals surface area contributed by atoms with Crippen molar-refractivity contribution < 1.29 is 9.59 Å². The number of primary amides is 1. The molecule has 1 aromatic rings. The molecule has 0 fully saturated rings. The predicted molar refractivity (Wildman–Crippen MR) is 69.1 cm³/mol. The van der Waals surface area contributed by atoms with Crippen molar-refractivity contribution >= 4 is 29.9 Å². The lowest BCUT2D eigenvalue weighted by atomic mass is 10.2. The lowest BCUT2D eigenvalue weighted by Crippen LogP contribution is -2.15. The van der Waals surface area contributed by atoms with E-state index in [4.69, 9.17) is 11.5 Å². The van der Waals surface area contributed by atoms with Gasteiger partial charge in [0.1, 0.15) is 0 Å². The molecule has 0 radical (unpaired) electrons. The quantitative estimate of drug-likeness (QED) is 0.730. The van der Waals surface area contributed by atoms with Gasteiger partial charge in [-0.15, -0.1) is 12.4 Å². The van der Waals surface area contributed by atoms with Crippen LogP contribution >= 0.6 is 12.4 Å². The average Bonchev–Trinajstić information content (AvgIpc) is 2.26. The van der Waals surface area contributed by atoms with Crippen LogP contribution in [-0.4, -0.2) is 18.4 Å². The summed E-state index contributed by atoms with van der Waals surface area (Å²) in [5.41, 5.74) is 11.4. The molecule has 1 rings (SSSR count). The van der Waals surface area contributed by atoms with Crippen molar-refractivity contribution in [2.24, 2.45) is 11.5 Å². The van der Waals surface area contributed by atoms with E-state index in [1.807, 2.05) is 0 Å². The first-order valence-corrected chi connectivity index (χ1v) is 5.03. The monoisotopic (exact) mass is 257 g/mol. The number of nitrogens with two attached hydrogens (primary N) is 2. The SMILES string of the molecule is Cl.NCCCC(=O)Nc1cccc(C(N)=O)c1. The number of rotatable bonds is 5. The summed E-state index contributed by atoms with van der Waals surface area (Å²) < 4.78 is 0. The number of hydrogen-bond donors (Lipinski definition) is 3. The highest BCUT2D eigenvalue weighted by molar-refractivity contribution is 5.96. The third kappa shape index (κ3) is 5.33. The van der Waals surface area contributed by atoms with E-state index in [0.29, 0.717) is 30.6 Å². The van der Waals surface area contributed by atoms with E-state index in [2.05, 4.69) is 5.32 Å². The molecule has 0 aliphatic heterocycles. The second kappa shape index (κ2) is 7.65. The van der Waals surface area contributed by atoms with Crippen LogP contribution in [0.1, 0.15) is 23.2 Å². The molecule has 0 aliphatic carbocycles. The summed E-state index contributed by atoms with van der Waals surface area (Å²) in [5, 5.41) is 2.67. The first kappa shape index (κ1) is 15.4. The number of anilines is 1. The summed E-state index contributed by atoms with van der Waals surface area (Å²) in [5.74, 6) is -0.634. The number of nitrogens with one attached hydrogen (secondary N) is 1. The summed E-state index contributed by atoms with van der Waals surface area (Å²) in [7, 11) is 0. The summed E-state index contributed by atoms with van der Waals surface area (Å²) in [4.78, 5) is 22.3. The Morgan fingerprint density at radius 2 is 2.00 bits per heavy atom. The van der Waals surface area contributed by atoms with E-state index in [9.17, 15) is 9.59 Å². The molecule has 0 spiro atoms. The van der Waals surface area contributed by atoms with Gasteiger partial charge in [0.2, 0.25) is 11.8 Å². The Kier molecular flexibility index (Phi) is 6.93. The molecule has 0 unspecified atom stereocenters. The van der Waals surface area contributed by atoms with Crippen molar-refractivity contribution in [1.29, 1.82) is 0 Å². The first-order chi connectivity index (χ1) is 7.63. The van der Waals surface area contributed by atoms with Crippen molar-refractivity contribution in [2.75, 3.05) is 11.9 Å². The Morgan fingerprint density at radius 3 is 2.59 bits per heavy atom. The number of carbonyl (C=O) groups is 2. The Morgan fingerprint density at radius 1 is 1.29 bits per heavy atom. The van der Waals surface area contributed by atoms with Crippen LogP contribution in [0.5, 0.6) is 0 Å².